The van der Waals surface area contributed by atoms with Crippen molar-refractivity contribution in [3.63, 3.8) is 0 Å². The maximum absolute atomic E-state index is 8.85. The van der Waals surface area contributed by atoms with Crippen molar-refractivity contribution in [1.82, 2.24) is 5.32 Å². The van der Waals surface area contributed by atoms with Gasteiger partial charge in [0.2, 0.25) is 0 Å². The van der Waals surface area contributed by atoms with E-state index in [0.717, 1.165) is 6.54 Å². The minimum absolute atomic E-state index is 0.186. The first-order chi connectivity index (χ1) is 4.42. The van der Waals surface area contributed by atoms with Crippen molar-refractivity contribution in [2.24, 2.45) is 5.73 Å². The molecule has 0 fully saturated rings. The number of nitrogens with two attached hydrogens (primary N) is 1. The van der Waals surface area contributed by atoms with Crippen LogP contribution in [0.4, 0.5) is 0 Å². The Balaban J connectivity index is 3.21. The molecular formula is C7H18N2O. The van der Waals surface area contributed by atoms with Crippen LogP contribution in [-0.2, 0) is 0 Å². The Labute approximate surface area is 62.6 Å². The van der Waals surface area contributed by atoms with E-state index in [-0.39, 0.29) is 11.6 Å². The first-order valence-electron chi connectivity index (χ1n) is 3.59. The number of hydrogen-bond donors (Lipinski definition) is 3. The summed E-state index contributed by atoms with van der Waals surface area (Å²) in [5, 5.41) is 11.9. The van der Waals surface area contributed by atoms with E-state index in [4.69, 9.17) is 10.8 Å². The summed E-state index contributed by atoms with van der Waals surface area (Å²) in [6.07, 6.45) is -0.289. The van der Waals surface area contributed by atoms with Crippen LogP contribution < -0.4 is 11.1 Å². The third-order valence-corrected chi connectivity index (χ3v) is 1.02. The van der Waals surface area contributed by atoms with E-state index in [1.165, 1.54) is 0 Å². The van der Waals surface area contributed by atoms with Crippen LogP contribution in [0.2, 0.25) is 0 Å². The Morgan fingerprint density at radius 1 is 1.60 bits per heavy atom. The molecule has 0 aromatic heterocycles. The van der Waals surface area contributed by atoms with E-state index in [1.54, 1.807) is 6.92 Å². The van der Waals surface area contributed by atoms with Crippen molar-refractivity contribution >= 4 is 0 Å². The second-order valence-corrected chi connectivity index (χ2v) is 3.47. The monoisotopic (exact) mass is 146 g/mol. The lowest BCUT2D eigenvalue weighted by atomic mass is 10.1. The van der Waals surface area contributed by atoms with Crippen molar-refractivity contribution in [3.8, 4) is 0 Å². The Bertz CT molecular complexity index is 86.1. The normalized spacial score (nSPS) is 15.3. The molecule has 3 nitrogen and oxygen atoms in total. The first-order valence-corrected chi connectivity index (χ1v) is 3.59. The zero-order valence-electron chi connectivity index (χ0n) is 7.02. The molecule has 0 aliphatic heterocycles. The van der Waals surface area contributed by atoms with E-state index in [1.807, 2.05) is 13.8 Å². The lowest BCUT2D eigenvalue weighted by molar-refractivity contribution is 0.189. The SMILES string of the molecule is CC(O)CNCC(C)(C)N. The van der Waals surface area contributed by atoms with Crippen molar-refractivity contribution in [2.75, 3.05) is 13.1 Å². The molecule has 1 atom stereocenters. The van der Waals surface area contributed by atoms with Gasteiger partial charge in [0.1, 0.15) is 0 Å². The topological polar surface area (TPSA) is 58.3 Å². The minimum Gasteiger partial charge on any atom is -0.392 e. The summed E-state index contributed by atoms with van der Waals surface area (Å²) in [6, 6.07) is 0. The van der Waals surface area contributed by atoms with Crippen molar-refractivity contribution in [1.29, 1.82) is 0 Å². The highest BCUT2D eigenvalue weighted by Gasteiger charge is 2.09. The summed E-state index contributed by atoms with van der Waals surface area (Å²) < 4.78 is 0. The number of nitrogens with one attached hydrogen (secondary N) is 1. The summed E-state index contributed by atoms with van der Waals surface area (Å²) in [5.74, 6) is 0. The lowest BCUT2D eigenvalue weighted by Crippen LogP contribution is -2.44. The smallest absolute Gasteiger partial charge is 0.0636 e. The van der Waals surface area contributed by atoms with Crippen molar-refractivity contribution < 1.29 is 5.11 Å². The molecule has 1 unspecified atom stereocenters. The van der Waals surface area contributed by atoms with Crippen LogP contribution in [-0.4, -0.2) is 29.8 Å². The fourth-order valence-electron chi connectivity index (χ4n) is 0.603. The summed E-state index contributed by atoms with van der Waals surface area (Å²) in [4.78, 5) is 0. The molecule has 0 amide bonds. The van der Waals surface area contributed by atoms with Gasteiger partial charge in [-0.05, 0) is 20.8 Å². The minimum atomic E-state index is -0.289. The van der Waals surface area contributed by atoms with E-state index in [9.17, 15) is 0 Å². The van der Waals surface area contributed by atoms with E-state index in [2.05, 4.69) is 5.32 Å². The fraction of sp³-hybridized carbons (Fsp3) is 1.00. The van der Waals surface area contributed by atoms with Gasteiger partial charge in [0.05, 0.1) is 6.10 Å². The van der Waals surface area contributed by atoms with Gasteiger partial charge in [0, 0.05) is 18.6 Å². The molecule has 0 heterocycles. The van der Waals surface area contributed by atoms with Gasteiger partial charge >= 0.3 is 0 Å². The number of rotatable bonds is 4. The largest absolute Gasteiger partial charge is 0.392 e. The van der Waals surface area contributed by atoms with Crippen molar-refractivity contribution in [2.45, 2.75) is 32.4 Å². The van der Waals surface area contributed by atoms with E-state index >= 15 is 0 Å². The summed E-state index contributed by atoms with van der Waals surface area (Å²) in [5.41, 5.74) is 5.49. The van der Waals surface area contributed by atoms with Crippen LogP contribution in [0.5, 0.6) is 0 Å². The average Bonchev–Trinajstić information content (AvgIpc) is 1.59. The highest BCUT2D eigenvalue weighted by molar-refractivity contribution is 4.74. The van der Waals surface area contributed by atoms with Crippen LogP contribution in [0, 0.1) is 0 Å². The zero-order valence-corrected chi connectivity index (χ0v) is 7.02. The van der Waals surface area contributed by atoms with Crippen LogP contribution in [0.25, 0.3) is 0 Å². The van der Waals surface area contributed by atoms with Crippen LogP contribution in [0.3, 0.4) is 0 Å². The standard InChI is InChI=1S/C7H18N2O/c1-6(10)4-9-5-7(2,3)8/h6,9-10H,4-5,8H2,1-3H3. The molecule has 0 aliphatic rings. The Kier molecular flexibility index (Phi) is 3.86. The summed E-state index contributed by atoms with van der Waals surface area (Å²) >= 11 is 0. The van der Waals surface area contributed by atoms with Gasteiger partial charge in [-0.3, -0.25) is 0 Å². The highest BCUT2D eigenvalue weighted by Crippen LogP contribution is 1.92. The predicted octanol–water partition coefficient (Wildman–Crippen LogP) is -0.306. The molecular weight excluding hydrogens is 128 g/mol. The summed E-state index contributed by atoms with van der Waals surface area (Å²) in [6.45, 7) is 6.99. The van der Waals surface area contributed by atoms with Gasteiger partial charge in [0.25, 0.3) is 0 Å². The molecule has 62 valence electrons. The maximum Gasteiger partial charge on any atom is 0.0636 e. The lowest BCUT2D eigenvalue weighted by Gasteiger charge is -2.19. The molecule has 0 rings (SSSR count). The van der Waals surface area contributed by atoms with Crippen LogP contribution >= 0.6 is 0 Å². The molecule has 0 aliphatic carbocycles. The second-order valence-electron chi connectivity index (χ2n) is 3.47. The molecule has 4 N–H and O–H groups in total. The quantitative estimate of drug-likeness (QED) is 0.510. The zero-order chi connectivity index (χ0) is 8.20. The molecule has 10 heavy (non-hydrogen) atoms. The highest BCUT2D eigenvalue weighted by atomic mass is 16.3. The van der Waals surface area contributed by atoms with E-state index in [0.29, 0.717) is 6.54 Å². The van der Waals surface area contributed by atoms with Gasteiger partial charge in [-0.1, -0.05) is 0 Å². The number of aliphatic hydroxyl groups excluding tert-OH is 1. The van der Waals surface area contributed by atoms with Gasteiger partial charge in [-0.2, -0.15) is 0 Å². The van der Waals surface area contributed by atoms with Crippen LogP contribution in [0.15, 0.2) is 0 Å². The van der Waals surface area contributed by atoms with E-state index < -0.39 is 0 Å². The molecule has 3 heteroatoms. The first kappa shape index (κ1) is 9.88. The molecule has 0 radical (unpaired) electrons. The number of aliphatic hydroxyl groups is 1. The maximum atomic E-state index is 8.85. The Hall–Kier alpha value is -0.120. The molecule has 0 saturated carbocycles. The molecule has 0 bridgehead atoms. The van der Waals surface area contributed by atoms with Gasteiger partial charge in [0.15, 0.2) is 0 Å². The average molecular weight is 146 g/mol. The van der Waals surface area contributed by atoms with Crippen molar-refractivity contribution in [3.05, 3.63) is 0 Å². The molecule has 0 spiro atoms. The Morgan fingerprint density at radius 2 is 2.10 bits per heavy atom. The molecule has 0 aromatic carbocycles. The fourth-order valence-corrected chi connectivity index (χ4v) is 0.603. The van der Waals surface area contributed by atoms with Gasteiger partial charge in [-0.25, -0.2) is 0 Å². The predicted molar refractivity (Wildman–Crippen MR) is 42.8 cm³/mol. The Morgan fingerprint density at radius 3 is 2.40 bits per heavy atom. The number of hydrogen-bond acceptors (Lipinski definition) is 3. The molecule has 0 saturated heterocycles. The van der Waals surface area contributed by atoms with Gasteiger partial charge < -0.3 is 16.2 Å². The summed E-state index contributed by atoms with van der Waals surface area (Å²) in [7, 11) is 0. The molecule has 0 aromatic rings. The third-order valence-electron chi connectivity index (χ3n) is 1.02. The second kappa shape index (κ2) is 3.91. The van der Waals surface area contributed by atoms with Gasteiger partial charge in [-0.15, -0.1) is 0 Å². The van der Waals surface area contributed by atoms with Crippen LogP contribution in [0.1, 0.15) is 20.8 Å². The third kappa shape index (κ3) is 7.88.